The van der Waals surface area contributed by atoms with E-state index in [-0.39, 0.29) is 24.3 Å². The second-order valence-electron chi connectivity index (χ2n) is 5.26. The van der Waals surface area contributed by atoms with Gasteiger partial charge in [0.2, 0.25) is 0 Å². The van der Waals surface area contributed by atoms with Gasteiger partial charge in [-0.15, -0.1) is 0 Å². The van der Waals surface area contributed by atoms with Crippen molar-refractivity contribution < 1.29 is 43.9 Å². The maximum Gasteiger partial charge on any atom is 0.482 e. The van der Waals surface area contributed by atoms with Crippen LogP contribution in [0.25, 0.3) is 0 Å². The summed E-state index contributed by atoms with van der Waals surface area (Å²) in [5.74, 6) is -6.12. The molecule has 0 saturated carbocycles. The summed E-state index contributed by atoms with van der Waals surface area (Å²) in [7, 11) is 0. The van der Waals surface area contributed by atoms with E-state index in [1.165, 1.54) is 0 Å². The highest BCUT2D eigenvalue weighted by atomic mass is 19.4. The number of alkyl halides is 6. The zero-order valence-electron chi connectivity index (χ0n) is 12.8. The van der Waals surface area contributed by atoms with Gasteiger partial charge in [0.25, 0.3) is 0 Å². The highest BCUT2D eigenvalue weighted by Crippen LogP contribution is 2.29. The van der Waals surface area contributed by atoms with Crippen LogP contribution < -0.4 is 10.6 Å². The number of benzene rings is 2. The van der Waals surface area contributed by atoms with Gasteiger partial charge in [0, 0.05) is 28.9 Å². The molecule has 2 N–H and O–H groups in total. The van der Waals surface area contributed by atoms with Gasteiger partial charge >= 0.3 is 12.6 Å². The van der Waals surface area contributed by atoms with E-state index in [0.29, 0.717) is 0 Å². The van der Waals surface area contributed by atoms with Gasteiger partial charge in [0.1, 0.15) is 23.3 Å². The van der Waals surface area contributed by atoms with Gasteiger partial charge in [-0.3, -0.25) is 10.6 Å². The molecule has 12 heteroatoms. The topological polar surface area (TPSA) is 24.1 Å². The van der Waals surface area contributed by atoms with Gasteiger partial charge in [0.15, 0.2) is 0 Å². The third kappa shape index (κ3) is 5.66. The van der Waals surface area contributed by atoms with Gasteiger partial charge in [-0.05, 0) is 24.3 Å². The molecule has 0 fully saturated rings. The predicted molar refractivity (Wildman–Crippen MR) is 74.9 cm³/mol. The molecule has 27 heavy (non-hydrogen) atoms. The Kier molecular flexibility index (Phi) is 5.47. The molecule has 0 saturated heterocycles. The van der Waals surface area contributed by atoms with Crippen LogP contribution in [0.3, 0.4) is 0 Å². The van der Waals surface area contributed by atoms with Crippen molar-refractivity contribution in [3.8, 4) is 0 Å². The zero-order valence-corrected chi connectivity index (χ0v) is 12.8. The lowest BCUT2D eigenvalue weighted by Gasteiger charge is -2.14. The molecule has 0 aliphatic rings. The van der Waals surface area contributed by atoms with E-state index in [1.807, 2.05) is 0 Å². The van der Waals surface area contributed by atoms with Crippen LogP contribution in [0.5, 0.6) is 0 Å². The van der Waals surface area contributed by atoms with Crippen LogP contribution in [0.2, 0.25) is 0 Å². The van der Waals surface area contributed by atoms with E-state index in [0.717, 1.165) is 10.6 Å². The summed E-state index contributed by atoms with van der Waals surface area (Å²) in [6.07, 6.45) is -11.0. The number of hydrogen-bond acceptors (Lipinski definition) is 2. The Balaban J connectivity index is 2.34. The summed E-state index contributed by atoms with van der Waals surface area (Å²) >= 11 is 0. The van der Waals surface area contributed by atoms with Crippen LogP contribution in [0.1, 0.15) is 11.1 Å². The summed E-state index contributed by atoms with van der Waals surface area (Å²) in [6, 6.07) is 1.06. The molecule has 2 aromatic carbocycles. The minimum Gasteiger partial charge on any atom is -0.297 e. The average molecular weight is 406 g/mol. The number of hydrogen-bond donors (Lipinski definition) is 2. The van der Waals surface area contributed by atoms with E-state index >= 15 is 0 Å². The lowest BCUT2D eigenvalue weighted by molar-refractivity contribution is -0.101. The van der Waals surface area contributed by atoms with Gasteiger partial charge in [0.05, 0.1) is 0 Å². The molecule has 2 nitrogen and oxygen atoms in total. The number of anilines is 2. The summed E-state index contributed by atoms with van der Waals surface area (Å²) in [4.78, 5) is 0. The molecule has 0 aliphatic heterocycles. The fourth-order valence-corrected chi connectivity index (χ4v) is 2.19. The standard InChI is InChI=1S/C15H8F10N2/c16-10-1-6(26-14(20,21)22)2-11(17)8(10)5-9-12(18)3-7(4-13(9)19)27-15(23,24)25/h1-4,26-27H,5H2. The van der Waals surface area contributed by atoms with E-state index in [2.05, 4.69) is 0 Å². The Bertz CT molecular complexity index is 726. The molecule has 0 heterocycles. The van der Waals surface area contributed by atoms with E-state index in [1.54, 1.807) is 0 Å². The Labute approximate surface area is 144 Å². The summed E-state index contributed by atoms with van der Waals surface area (Å²) in [5, 5.41) is 1.73. The molecule has 0 amide bonds. The Hall–Kier alpha value is -2.66. The fraction of sp³-hybridized carbons (Fsp3) is 0.200. The molecule has 0 unspecified atom stereocenters. The Morgan fingerprint density at radius 1 is 0.556 bits per heavy atom. The predicted octanol–water partition coefficient (Wildman–Crippen LogP) is 5.70. The lowest BCUT2D eigenvalue weighted by atomic mass is 10.0. The minimum absolute atomic E-state index is 0.265. The van der Waals surface area contributed by atoms with Crippen molar-refractivity contribution in [1.82, 2.24) is 0 Å². The summed E-state index contributed by atoms with van der Waals surface area (Å²) in [6.45, 7) is 0. The first-order valence-electron chi connectivity index (χ1n) is 6.91. The van der Waals surface area contributed by atoms with E-state index < -0.39 is 64.8 Å². The smallest absolute Gasteiger partial charge is 0.297 e. The normalized spacial score (nSPS) is 12.2. The number of rotatable bonds is 4. The third-order valence-corrected chi connectivity index (χ3v) is 3.21. The maximum absolute atomic E-state index is 13.9. The van der Waals surface area contributed by atoms with Crippen molar-refractivity contribution >= 4 is 11.4 Å². The lowest BCUT2D eigenvalue weighted by Crippen LogP contribution is -2.21. The van der Waals surface area contributed by atoms with Crippen LogP contribution in [-0.4, -0.2) is 12.6 Å². The monoisotopic (exact) mass is 406 g/mol. The van der Waals surface area contributed by atoms with Crippen LogP contribution >= 0.6 is 0 Å². The van der Waals surface area contributed by atoms with Gasteiger partial charge in [-0.1, -0.05) is 0 Å². The van der Waals surface area contributed by atoms with Gasteiger partial charge in [-0.25, -0.2) is 17.6 Å². The Morgan fingerprint density at radius 2 is 0.815 bits per heavy atom. The first kappa shape index (κ1) is 20.6. The number of halogens is 10. The molecule has 0 atom stereocenters. The largest absolute Gasteiger partial charge is 0.482 e. The summed E-state index contributed by atoms with van der Waals surface area (Å²) < 4.78 is 129. The van der Waals surface area contributed by atoms with E-state index in [4.69, 9.17) is 0 Å². The summed E-state index contributed by atoms with van der Waals surface area (Å²) in [5.41, 5.74) is -3.88. The van der Waals surface area contributed by atoms with Crippen LogP contribution in [0.4, 0.5) is 55.3 Å². The van der Waals surface area contributed by atoms with Gasteiger partial charge in [-0.2, -0.15) is 26.3 Å². The highest BCUT2D eigenvalue weighted by molar-refractivity contribution is 5.50. The molecule has 0 aromatic heterocycles. The first-order valence-corrected chi connectivity index (χ1v) is 6.91. The molecule has 2 aromatic rings. The van der Waals surface area contributed by atoms with Crippen molar-refractivity contribution in [2.45, 2.75) is 19.0 Å². The number of nitrogens with one attached hydrogen (secondary N) is 2. The highest BCUT2D eigenvalue weighted by Gasteiger charge is 2.29. The molecular weight excluding hydrogens is 398 g/mol. The molecule has 0 spiro atoms. The molecule has 2 rings (SSSR count). The maximum atomic E-state index is 13.9. The third-order valence-electron chi connectivity index (χ3n) is 3.21. The molecular formula is C15H8F10N2. The van der Waals surface area contributed by atoms with Crippen molar-refractivity contribution in [2.24, 2.45) is 0 Å². The fourth-order valence-electron chi connectivity index (χ4n) is 2.19. The van der Waals surface area contributed by atoms with Crippen molar-refractivity contribution in [3.63, 3.8) is 0 Å². The van der Waals surface area contributed by atoms with Crippen LogP contribution in [0.15, 0.2) is 24.3 Å². The van der Waals surface area contributed by atoms with Crippen molar-refractivity contribution in [3.05, 3.63) is 58.7 Å². The van der Waals surface area contributed by atoms with E-state index in [9.17, 15) is 43.9 Å². The van der Waals surface area contributed by atoms with Crippen molar-refractivity contribution in [1.29, 1.82) is 0 Å². The zero-order chi connectivity index (χ0) is 20.6. The second kappa shape index (κ2) is 7.16. The molecule has 0 aliphatic carbocycles. The molecule has 0 bridgehead atoms. The Morgan fingerprint density at radius 3 is 1.04 bits per heavy atom. The van der Waals surface area contributed by atoms with Crippen molar-refractivity contribution in [2.75, 3.05) is 10.6 Å². The SMILES string of the molecule is Fc1cc(NC(F)(F)F)cc(F)c1Cc1c(F)cc(NC(F)(F)F)cc1F. The minimum atomic E-state index is -4.97. The first-order chi connectivity index (χ1) is 12.2. The average Bonchev–Trinajstić information content (AvgIpc) is 2.41. The van der Waals surface area contributed by atoms with Gasteiger partial charge < -0.3 is 0 Å². The molecule has 0 radical (unpaired) electrons. The molecule has 148 valence electrons. The van der Waals surface area contributed by atoms with Crippen LogP contribution in [0, 0.1) is 23.3 Å². The quantitative estimate of drug-likeness (QED) is 0.503. The second-order valence-corrected chi connectivity index (χ2v) is 5.26. The van der Waals surface area contributed by atoms with Crippen LogP contribution in [-0.2, 0) is 6.42 Å².